The molecule has 1 saturated carbocycles. The van der Waals surface area contributed by atoms with E-state index in [1.54, 1.807) is 5.56 Å². The van der Waals surface area contributed by atoms with E-state index in [4.69, 9.17) is 0 Å². The zero-order valence-electron chi connectivity index (χ0n) is 25.6. The van der Waals surface area contributed by atoms with Gasteiger partial charge in [-0.1, -0.05) is 124 Å². The molecule has 0 radical (unpaired) electrons. The molecular formula is C43H37N. The van der Waals surface area contributed by atoms with Gasteiger partial charge in [-0.05, 0) is 104 Å². The van der Waals surface area contributed by atoms with E-state index in [2.05, 4.69) is 140 Å². The second kappa shape index (κ2) is 9.44. The Morgan fingerprint density at radius 1 is 0.523 bits per heavy atom. The van der Waals surface area contributed by atoms with E-state index in [9.17, 15) is 0 Å². The molecule has 1 N–H and O–H groups in total. The number of hydrogen-bond acceptors (Lipinski definition) is 1. The molecule has 0 heterocycles. The van der Waals surface area contributed by atoms with Crippen LogP contribution in [-0.2, 0) is 10.8 Å². The molecule has 0 bridgehead atoms. The minimum Gasteiger partial charge on any atom is -0.355 e. The summed E-state index contributed by atoms with van der Waals surface area (Å²) in [7, 11) is 0. The van der Waals surface area contributed by atoms with Crippen molar-refractivity contribution in [2.75, 3.05) is 5.32 Å². The lowest BCUT2D eigenvalue weighted by atomic mass is 9.67. The van der Waals surface area contributed by atoms with E-state index in [1.807, 2.05) is 0 Å². The molecule has 1 fully saturated rings. The van der Waals surface area contributed by atoms with Gasteiger partial charge in [-0.2, -0.15) is 0 Å². The van der Waals surface area contributed by atoms with Crippen LogP contribution in [0.1, 0.15) is 68.2 Å². The van der Waals surface area contributed by atoms with Crippen LogP contribution in [0.3, 0.4) is 0 Å². The van der Waals surface area contributed by atoms with Crippen molar-refractivity contribution in [3.63, 3.8) is 0 Å². The van der Waals surface area contributed by atoms with Crippen molar-refractivity contribution in [3.05, 3.63) is 144 Å². The summed E-state index contributed by atoms with van der Waals surface area (Å²) in [4.78, 5) is 0. The van der Waals surface area contributed by atoms with Crippen LogP contribution < -0.4 is 5.32 Å². The van der Waals surface area contributed by atoms with Crippen LogP contribution >= 0.6 is 0 Å². The summed E-state index contributed by atoms with van der Waals surface area (Å²) < 4.78 is 0. The lowest BCUT2D eigenvalue weighted by Gasteiger charge is -2.36. The van der Waals surface area contributed by atoms with Gasteiger partial charge in [-0.25, -0.2) is 0 Å². The molecule has 0 aromatic heterocycles. The van der Waals surface area contributed by atoms with Crippen LogP contribution in [0.4, 0.5) is 11.4 Å². The maximum atomic E-state index is 3.84. The van der Waals surface area contributed by atoms with Crippen molar-refractivity contribution in [2.24, 2.45) is 0 Å². The SMILES string of the molecule is CC1(C)c2cc3c(cc2-c2c1ccc1ccccc21)C1(CCCCC1)c1cc(Nc2ccccc2-c2ccccc2)ccc1-3. The Morgan fingerprint density at radius 3 is 2.11 bits per heavy atom. The number of rotatable bonds is 3. The largest absolute Gasteiger partial charge is 0.355 e. The zero-order chi connectivity index (χ0) is 29.5. The quantitative estimate of drug-likeness (QED) is 0.224. The minimum absolute atomic E-state index is 0.0329. The topological polar surface area (TPSA) is 12.0 Å². The van der Waals surface area contributed by atoms with Crippen molar-refractivity contribution < 1.29 is 0 Å². The van der Waals surface area contributed by atoms with E-state index in [0.29, 0.717) is 0 Å². The second-order valence-electron chi connectivity index (χ2n) is 13.7. The minimum atomic E-state index is -0.0329. The average Bonchev–Trinajstić information content (AvgIpc) is 3.45. The molecule has 0 unspecified atom stereocenters. The summed E-state index contributed by atoms with van der Waals surface area (Å²) in [6, 6.07) is 45.4. The summed E-state index contributed by atoms with van der Waals surface area (Å²) >= 11 is 0. The third-order valence-corrected chi connectivity index (χ3v) is 11.0. The number of anilines is 2. The smallest absolute Gasteiger partial charge is 0.0463 e. The summed E-state index contributed by atoms with van der Waals surface area (Å²) in [5.41, 5.74) is 16.6. The number of para-hydroxylation sites is 1. The molecule has 6 aromatic carbocycles. The van der Waals surface area contributed by atoms with Gasteiger partial charge in [0.05, 0.1) is 0 Å². The number of fused-ring (bicyclic) bond motifs is 10. The molecule has 6 aromatic rings. The van der Waals surface area contributed by atoms with E-state index >= 15 is 0 Å². The number of hydrogen-bond donors (Lipinski definition) is 1. The Morgan fingerprint density at radius 2 is 1.25 bits per heavy atom. The molecule has 0 aliphatic heterocycles. The number of benzene rings is 6. The van der Waals surface area contributed by atoms with Gasteiger partial charge in [0.25, 0.3) is 0 Å². The first kappa shape index (κ1) is 25.8. The Labute approximate surface area is 260 Å². The monoisotopic (exact) mass is 567 g/mol. The van der Waals surface area contributed by atoms with E-state index in [0.717, 1.165) is 5.69 Å². The Balaban J connectivity index is 1.21. The van der Waals surface area contributed by atoms with Crippen molar-refractivity contribution in [1.29, 1.82) is 0 Å². The molecule has 3 aliphatic rings. The average molecular weight is 568 g/mol. The van der Waals surface area contributed by atoms with E-state index in [-0.39, 0.29) is 10.8 Å². The van der Waals surface area contributed by atoms with Gasteiger partial charge in [0.1, 0.15) is 0 Å². The van der Waals surface area contributed by atoms with Crippen LogP contribution in [0.2, 0.25) is 0 Å². The molecule has 0 amide bonds. The van der Waals surface area contributed by atoms with E-state index < -0.39 is 0 Å². The van der Waals surface area contributed by atoms with Gasteiger partial charge in [0.2, 0.25) is 0 Å². The van der Waals surface area contributed by atoms with E-state index in [1.165, 1.54) is 98.6 Å². The molecule has 9 rings (SSSR count). The van der Waals surface area contributed by atoms with Gasteiger partial charge in [0.15, 0.2) is 0 Å². The zero-order valence-corrected chi connectivity index (χ0v) is 25.6. The fourth-order valence-electron chi connectivity index (χ4n) is 8.88. The predicted octanol–water partition coefficient (Wildman–Crippen LogP) is 11.8. The molecule has 44 heavy (non-hydrogen) atoms. The molecule has 0 saturated heterocycles. The molecule has 1 heteroatoms. The fourth-order valence-corrected chi connectivity index (χ4v) is 8.88. The third kappa shape index (κ3) is 3.59. The lowest BCUT2D eigenvalue weighted by molar-refractivity contribution is 0.353. The summed E-state index contributed by atoms with van der Waals surface area (Å²) in [6.07, 6.45) is 6.36. The van der Waals surface area contributed by atoms with Crippen LogP contribution in [0.25, 0.3) is 44.2 Å². The highest BCUT2D eigenvalue weighted by Gasteiger charge is 2.46. The molecular weight excluding hydrogens is 530 g/mol. The standard InChI is InChI=1S/C43H37N/c1-42(2)36-22-19-29-15-7-8-17-32(29)41(36)35-27-39-34(26-37(35)42)33-21-20-30(25-38(33)43(39)23-11-4-12-24-43)44-40-18-10-9-16-31(40)28-13-5-3-6-14-28/h3,5-10,13-22,25-27,44H,4,11-12,23-24H2,1-2H3. The van der Waals surface area contributed by atoms with Crippen LogP contribution in [0.15, 0.2) is 121 Å². The van der Waals surface area contributed by atoms with Gasteiger partial charge in [-0.15, -0.1) is 0 Å². The van der Waals surface area contributed by atoms with Crippen molar-refractivity contribution >= 4 is 22.1 Å². The maximum absolute atomic E-state index is 3.84. The summed E-state index contributed by atoms with van der Waals surface area (Å²) in [5.74, 6) is 0. The first-order valence-electron chi connectivity index (χ1n) is 16.3. The van der Waals surface area contributed by atoms with Gasteiger partial charge in [0, 0.05) is 27.8 Å². The highest BCUT2D eigenvalue weighted by Crippen LogP contribution is 2.60. The normalized spacial score (nSPS) is 16.8. The molecule has 0 atom stereocenters. The Kier molecular flexibility index (Phi) is 5.54. The third-order valence-electron chi connectivity index (χ3n) is 11.0. The summed E-state index contributed by atoms with van der Waals surface area (Å²) in [6.45, 7) is 4.84. The first-order chi connectivity index (χ1) is 21.5. The Hall–Kier alpha value is -4.62. The van der Waals surface area contributed by atoms with Gasteiger partial charge < -0.3 is 5.32 Å². The molecule has 214 valence electrons. The lowest BCUT2D eigenvalue weighted by Crippen LogP contribution is -2.28. The Bertz CT molecular complexity index is 2090. The molecule has 1 nitrogen and oxygen atoms in total. The second-order valence-corrected chi connectivity index (χ2v) is 13.7. The summed E-state index contributed by atoms with van der Waals surface area (Å²) in [5, 5.41) is 6.55. The highest BCUT2D eigenvalue weighted by atomic mass is 14.9. The van der Waals surface area contributed by atoms with Crippen LogP contribution in [-0.4, -0.2) is 0 Å². The van der Waals surface area contributed by atoms with Gasteiger partial charge in [-0.3, -0.25) is 0 Å². The molecule has 1 spiro atoms. The fraction of sp³-hybridized carbons (Fsp3) is 0.209. The van der Waals surface area contributed by atoms with Crippen molar-refractivity contribution in [2.45, 2.75) is 56.8 Å². The van der Waals surface area contributed by atoms with Crippen molar-refractivity contribution in [1.82, 2.24) is 0 Å². The highest BCUT2D eigenvalue weighted by molar-refractivity contribution is 6.03. The van der Waals surface area contributed by atoms with Crippen LogP contribution in [0.5, 0.6) is 0 Å². The first-order valence-corrected chi connectivity index (χ1v) is 16.3. The van der Waals surface area contributed by atoms with Crippen LogP contribution in [0, 0.1) is 0 Å². The maximum Gasteiger partial charge on any atom is 0.0463 e. The molecule has 3 aliphatic carbocycles. The number of nitrogens with one attached hydrogen (secondary N) is 1. The van der Waals surface area contributed by atoms with Crippen molar-refractivity contribution in [3.8, 4) is 33.4 Å². The predicted molar refractivity (Wildman–Crippen MR) is 186 cm³/mol. The van der Waals surface area contributed by atoms with Gasteiger partial charge >= 0.3 is 0 Å².